The molecule has 0 amide bonds. The molecule has 0 aliphatic heterocycles. The number of fused-ring (bicyclic) bond motifs is 1. The van der Waals surface area contributed by atoms with Crippen molar-refractivity contribution in [2.75, 3.05) is 20.1 Å². The Balaban J connectivity index is 2.29. The van der Waals surface area contributed by atoms with Gasteiger partial charge in [0.2, 0.25) is 5.78 Å². The first kappa shape index (κ1) is 14.8. The van der Waals surface area contributed by atoms with Crippen LogP contribution in [0, 0.1) is 19.5 Å². The van der Waals surface area contributed by atoms with Crippen LogP contribution in [0.5, 0.6) is 0 Å². The number of halogens is 2. The van der Waals surface area contributed by atoms with E-state index in [0.717, 1.165) is 18.1 Å². The molecule has 2 aromatic rings. The van der Waals surface area contributed by atoms with Crippen molar-refractivity contribution >= 4 is 61.9 Å². The van der Waals surface area contributed by atoms with E-state index in [1.54, 1.807) is 11.0 Å². The van der Waals surface area contributed by atoms with Gasteiger partial charge >= 0.3 is 0 Å². The van der Waals surface area contributed by atoms with E-state index in [2.05, 4.69) is 51.1 Å². The van der Waals surface area contributed by atoms with Gasteiger partial charge in [0.05, 0.1) is 16.7 Å². The van der Waals surface area contributed by atoms with Crippen LogP contribution in [0.2, 0.25) is 0 Å². The van der Waals surface area contributed by atoms with Crippen molar-refractivity contribution in [3.8, 4) is 12.3 Å². The molecule has 0 aliphatic rings. The van der Waals surface area contributed by atoms with Crippen LogP contribution in [0.15, 0.2) is 22.6 Å². The summed E-state index contributed by atoms with van der Waals surface area (Å²) in [5.41, 5.74) is 0.768. The third-order valence-corrected chi connectivity index (χ3v) is 4.01. The molecule has 1 aromatic carbocycles. The lowest BCUT2D eigenvalue weighted by Crippen LogP contribution is -2.26. The number of benzene rings is 1. The lowest BCUT2D eigenvalue weighted by atomic mass is 10.2. The number of hydrogen-bond donors (Lipinski definition) is 0. The number of carbonyl (C=O) groups excluding carboxylic acids is 1. The Bertz CT molecular complexity index is 670. The predicted molar refractivity (Wildman–Crippen MR) is 92.3 cm³/mol. The van der Waals surface area contributed by atoms with Gasteiger partial charge in [0, 0.05) is 8.96 Å². The monoisotopic (exact) mass is 479 g/mol. The number of carbonyl (C=O) groups is 1. The van der Waals surface area contributed by atoms with Crippen molar-refractivity contribution in [3.05, 3.63) is 31.1 Å². The van der Waals surface area contributed by atoms with Crippen LogP contribution in [0.3, 0.4) is 0 Å². The highest BCUT2D eigenvalue weighted by atomic mass is 127. The van der Waals surface area contributed by atoms with Crippen LogP contribution in [-0.4, -0.2) is 30.8 Å². The summed E-state index contributed by atoms with van der Waals surface area (Å²) in [7, 11) is 1.81. The summed E-state index contributed by atoms with van der Waals surface area (Å²) in [6.45, 7) is 0.707. The van der Waals surface area contributed by atoms with Gasteiger partial charge in [-0.05, 0) is 70.4 Å². The topological polar surface area (TPSA) is 33.5 Å². The molecule has 0 radical (unpaired) electrons. The van der Waals surface area contributed by atoms with E-state index < -0.39 is 0 Å². The van der Waals surface area contributed by atoms with Crippen molar-refractivity contribution in [1.82, 2.24) is 4.90 Å². The molecule has 98 valence electrons. The molecule has 0 aliphatic carbocycles. The standard InChI is InChI=1S/C14H11I2NO2/c1-3-4-17(2)8-12(18)13-6-9-5-10(15)7-11(16)14(9)19-13/h1,5-7H,4,8H2,2H3. The number of likely N-dealkylation sites (N-methyl/N-ethyl adjacent to an activating group) is 1. The summed E-state index contributed by atoms with van der Waals surface area (Å²) in [6.07, 6.45) is 5.21. The van der Waals surface area contributed by atoms with E-state index in [0.29, 0.717) is 12.3 Å². The van der Waals surface area contributed by atoms with Crippen LogP contribution in [0.25, 0.3) is 11.0 Å². The Morgan fingerprint density at radius 2 is 2.16 bits per heavy atom. The highest BCUT2D eigenvalue weighted by molar-refractivity contribution is 14.1. The zero-order valence-electron chi connectivity index (χ0n) is 10.2. The molecular formula is C14H11I2NO2. The Kier molecular flexibility index (Phi) is 4.86. The molecular weight excluding hydrogens is 468 g/mol. The molecule has 0 saturated heterocycles. The number of furan rings is 1. The molecule has 1 heterocycles. The summed E-state index contributed by atoms with van der Waals surface area (Å²) in [6, 6.07) is 5.82. The minimum absolute atomic E-state index is 0.0558. The van der Waals surface area contributed by atoms with Gasteiger partial charge in [-0.3, -0.25) is 9.69 Å². The Labute approximate surface area is 139 Å². The van der Waals surface area contributed by atoms with Gasteiger partial charge in [0.1, 0.15) is 5.58 Å². The summed E-state index contributed by atoms with van der Waals surface area (Å²) in [5.74, 6) is 2.84. The predicted octanol–water partition coefficient (Wildman–Crippen LogP) is 3.39. The van der Waals surface area contributed by atoms with Crippen LogP contribution < -0.4 is 0 Å². The minimum Gasteiger partial charge on any atom is -0.452 e. The van der Waals surface area contributed by atoms with Gasteiger partial charge in [-0.15, -0.1) is 6.42 Å². The molecule has 0 N–H and O–H groups in total. The Hall–Kier alpha value is -0.590. The zero-order chi connectivity index (χ0) is 14.0. The molecule has 2 rings (SSSR count). The second-order valence-corrected chi connectivity index (χ2v) is 6.62. The number of rotatable bonds is 4. The lowest BCUT2D eigenvalue weighted by molar-refractivity contribution is 0.0927. The van der Waals surface area contributed by atoms with Gasteiger partial charge in [0.25, 0.3) is 0 Å². The van der Waals surface area contributed by atoms with Crippen LogP contribution in [0.4, 0.5) is 0 Å². The first-order valence-corrected chi connectivity index (χ1v) is 7.71. The minimum atomic E-state index is -0.0558. The summed E-state index contributed by atoms with van der Waals surface area (Å²) in [4.78, 5) is 13.9. The quantitative estimate of drug-likeness (QED) is 0.384. The number of terminal acetylenes is 1. The maximum absolute atomic E-state index is 12.1. The van der Waals surface area contributed by atoms with Crippen molar-refractivity contribution in [2.45, 2.75) is 0 Å². The molecule has 0 unspecified atom stereocenters. The van der Waals surface area contributed by atoms with E-state index in [1.165, 1.54) is 0 Å². The van der Waals surface area contributed by atoms with Crippen molar-refractivity contribution in [2.24, 2.45) is 0 Å². The molecule has 0 spiro atoms. The van der Waals surface area contributed by atoms with Gasteiger partial charge in [0.15, 0.2) is 5.76 Å². The molecule has 5 heteroatoms. The number of hydrogen-bond acceptors (Lipinski definition) is 3. The van der Waals surface area contributed by atoms with Gasteiger partial charge in [-0.2, -0.15) is 0 Å². The largest absolute Gasteiger partial charge is 0.452 e. The molecule has 0 fully saturated rings. The molecule has 0 bridgehead atoms. The first-order valence-electron chi connectivity index (χ1n) is 5.55. The zero-order valence-corrected chi connectivity index (χ0v) is 14.6. The third-order valence-electron chi connectivity index (χ3n) is 2.59. The Morgan fingerprint density at radius 1 is 1.42 bits per heavy atom. The summed E-state index contributed by atoms with van der Waals surface area (Å²) >= 11 is 4.46. The molecule has 0 atom stereocenters. The second kappa shape index (κ2) is 6.24. The average molecular weight is 479 g/mol. The van der Waals surface area contributed by atoms with Crippen molar-refractivity contribution in [3.63, 3.8) is 0 Å². The van der Waals surface area contributed by atoms with Crippen LogP contribution >= 0.6 is 45.2 Å². The molecule has 3 nitrogen and oxygen atoms in total. The van der Waals surface area contributed by atoms with E-state index in [1.807, 2.05) is 19.2 Å². The highest BCUT2D eigenvalue weighted by Crippen LogP contribution is 2.27. The Morgan fingerprint density at radius 3 is 2.84 bits per heavy atom. The molecule has 0 saturated carbocycles. The maximum Gasteiger partial charge on any atom is 0.211 e. The smallest absolute Gasteiger partial charge is 0.211 e. The van der Waals surface area contributed by atoms with Crippen LogP contribution in [0.1, 0.15) is 10.6 Å². The lowest BCUT2D eigenvalue weighted by Gasteiger charge is -2.10. The fraction of sp³-hybridized carbons (Fsp3) is 0.214. The van der Waals surface area contributed by atoms with Gasteiger partial charge in [-0.25, -0.2) is 0 Å². The highest BCUT2D eigenvalue weighted by Gasteiger charge is 2.15. The van der Waals surface area contributed by atoms with E-state index in [-0.39, 0.29) is 12.3 Å². The van der Waals surface area contributed by atoms with Crippen molar-refractivity contribution in [1.29, 1.82) is 0 Å². The average Bonchev–Trinajstić information content (AvgIpc) is 2.73. The van der Waals surface area contributed by atoms with Crippen molar-refractivity contribution < 1.29 is 9.21 Å². The van der Waals surface area contributed by atoms with Gasteiger partial charge in [-0.1, -0.05) is 5.92 Å². The third kappa shape index (κ3) is 3.49. The molecule has 1 aromatic heterocycles. The van der Waals surface area contributed by atoms with E-state index in [4.69, 9.17) is 10.8 Å². The fourth-order valence-electron chi connectivity index (χ4n) is 1.75. The molecule has 19 heavy (non-hydrogen) atoms. The SMILES string of the molecule is C#CCN(C)CC(=O)c1cc2cc(I)cc(I)c2o1. The number of nitrogens with zero attached hydrogens (tertiary/aromatic N) is 1. The summed E-state index contributed by atoms with van der Waals surface area (Å²) in [5, 5.41) is 0.958. The number of ketones is 1. The van der Waals surface area contributed by atoms with E-state index in [9.17, 15) is 4.79 Å². The normalized spacial score (nSPS) is 10.9. The number of Topliss-reactive ketones (excluding diaryl/α,β-unsaturated/α-hetero) is 1. The van der Waals surface area contributed by atoms with E-state index >= 15 is 0 Å². The van der Waals surface area contributed by atoms with Crippen LogP contribution in [-0.2, 0) is 0 Å². The van der Waals surface area contributed by atoms with Gasteiger partial charge < -0.3 is 4.42 Å². The maximum atomic E-state index is 12.1. The fourth-order valence-corrected chi connectivity index (χ4v) is 3.75. The second-order valence-electron chi connectivity index (χ2n) is 4.22. The summed E-state index contributed by atoms with van der Waals surface area (Å²) < 4.78 is 7.79. The first-order chi connectivity index (χ1) is 9.01.